The van der Waals surface area contributed by atoms with Crippen LogP contribution in [-0.2, 0) is 12.4 Å². The fraction of sp³-hybridized carbons (Fsp3) is 0.778. The Kier molecular flexibility index (Phi) is 4.22. The van der Waals surface area contributed by atoms with Gasteiger partial charge in [0.15, 0.2) is 0 Å². The topological polar surface area (TPSA) is 30.7 Å². The van der Waals surface area contributed by atoms with E-state index in [4.69, 9.17) is 11.6 Å². The fourth-order valence-corrected chi connectivity index (χ4v) is 1.57. The van der Waals surface area contributed by atoms with Gasteiger partial charge in [0.1, 0.15) is 12.2 Å². The fourth-order valence-electron chi connectivity index (χ4n) is 1.36. The molecule has 0 amide bonds. The molecule has 0 aliphatic carbocycles. The van der Waals surface area contributed by atoms with E-state index in [2.05, 4.69) is 24.0 Å². The maximum Gasteiger partial charge on any atom is 0.147 e. The quantitative estimate of drug-likeness (QED) is 0.686. The largest absolute Gasteiger partial charge is 0.316 e. The summed E-state index contributed by atoms with van der Waals surface area (Å²) < 4.78 is 2.05. The Bertz CT molecular complexity index is 243. The van der Waals surface area contributed by atoms with Crippen LogP contribution in [0.5, 0.6) is 0 Å². The number of aromatic nitrogens is 3. The van der Waals surface area contributed by atoms with E-state index in [1.54, 1.807) is 6.33 Å². The zero-order valence-electron chi connectivity index (χ0n) is 8.20. The number of nitrogens with zero attached hydrogens (tertiary/aromatic N) is 3. The molecule has 0 radical (unpaired) electrons. The second-order valence-electron chi connectivity index (χ2n) is 3.22. The smallest absolute Gasteiger partial charge is 0.147 e. The van der Waals surface area contributed by atoms with Crippen molar-refractivity contribution in [2.24, 2.45) is 5.92 Å². The average molecular weight is 202 g/mol. The average Bonchev–Trinajstić information content (AvgIpc) is 2.61. The van der Waals surface area contributed by atoms with Crippen molar-refractivity contribution in [2.45, 2.75) is 39.1 Å². The maximum atomic E-state index is 5.72. The van der Waals surface area contributed by atoms with Crippen LogP contribution in [0, 0.1) is 5.92 Å². The molecule has 0 fully saturated rings. The van der Waals surface area contributed by atoms with Crippen LogP contribution in [0.15, 0.2) is 6.33 Å². The molecular formula is C9H16ClN3. The highest BCUT2D eigenvalue weighted by Gasteiger charge is 2.08. The van der Waals surface area contributed by atoms with Crippen molar-refractivity contribution < 1.29 is 0 Å². The third kappa shape index (κ3) is 2.69. The molecule has 0 spiro atoms. The molecule has 1 rings (SSSR count). The van der Waals surface area contributed by atoms with Crippen LogP contribution in [-0.4, -0.2) is 14.8 Å². The second-order valence-corrected chi connectivity index (χ2v) is 3.48. The Morgan fingerprint density at radius 2 is 2.15 bits per heavy atom. The van der Waals surface area contributed by atoms with Crippen LogP contribution in [0.2, 0.25) is 0 Å². The standard InChI is InChI=1S/C9H16ClN3/c1-3-8(4-2)6-13-7-11-12-9(13)5-10/h7-8H,3-6H2,1-2H3. The second kappa shape index (κ2) is 5.22. The first-order valence-corrected chi connectivity index (χ1v) is 5.27. The summed E-state index contributed by atoms with van der Waals surface area (Å²) in [5.74, 6) is 2.02. The van der Waals surface area contributed by atoms with Gasteiger partial charge in [0, 0.05) is 6.54 Å². The summed E-state index contributed by atoms with van der Waals surface area (Å²) in [7, 11) is 0. The number of rotatable bonds is 5. The van der Waals surface area contributed by atoms with E-state index < -0.39 is 0 Å². The van der Waals surface area contributed by atoms with Gasteiger partial charge in [-0.2, -0.15) is 0 Å². The monoisotopic (exact) mass is 201 g/mol. The Balaban J connectivity index is 2.61. The van der Waals surface area contributed by atoms with E-state index in [0.717, 1.165) is 12.4 Å². The predicted octanol–water partition coefficient (Wildman–Crippen LogP) is 2.45. The lowest BCUT2D eigenvalue weighted by molar-refractivity contribution is 0.412. The Hall–Kier alpha value is -0.570. The van der Waals surface area contributed by atoms with Crippen LogP contribution < -0.4 is 0 Å². The molecule has 1 aromatic heterocycles. The zero-order chi connectivity index (χ0) is 9.68. The summed E-state index contributed by atoms with van der Waals surface area (Å²) in [5.41, 5.74) is 0. The molecule has 0 aliphatic heterocycles. The summed E-state index contributed by atoms with van der Waals surface area (Å²) in [6.45, 7) is 5.40. The van der Waals surface area contributed by atoms with Crippen LogP contribution in [0.25, 0.3) is 0 Å². The SMILES string of the molecule is CCC(CC)Cn1cnnc1CCl. The van der Waals surface area contributed by atoms with Gasteiger partial charge in [-0.15, -0.1) is 21.8 Å². The molecule has 0 aliphatic rings. The zero-order valence-corrected chi connectivity index (χ0v) is 8.96. The molecule has 0 aromatic carbocycles. The summed E-state index contributed by atoms with van der Waals surface area (Å²) in [4.78, 5) is 0. The molecule has 0 unspecified atom stereocenters. The minimum atomic E-state index is 0.445. The number of halogens is 1. The summed E-state index contributed by atoms with van der Waals surface area (Å²) in [5, 5.41) is 7.78. The minimum Gasteiger partial charge on any atom is -0.316 e. The van der Waals surface area contributed by atoms with Crippen LogP contribution in [0.3, 0.4) is 0 Å². The molecule has 4 heteroatoms. The van der Waals surface area contributed by atoms with Crippen molar-refractivity contribution in [1.82, 2.24) is 14.8 Å². The lowest BCUT2D eigenvalue weighted by Gasteiger charge is -2.13. The highest BCUT2D eigenvalue weighted by Crippen LogP contribution is 2.12. The molecule has 0 saturated heterocycles. The van der Waals surface area contributed by atoms with E-state index in [1.165, 1.54) is 12.8 Å². The molecular weight excluding hydrogens is 186 g/mol. The Morgan fingerprint density at radius 1 is 1.46 bits per heavy atom. The summed E-state index contributed by atoms with van der Waals surface area (Å²) in [6, 6.07) is 0. The first-order chi connectivity index (χ1) is 6.31. The summed E-state index contributed by atoms with van der Waals surface area (Å²) >= 11 is 5.72. The molecule has 3 nitrogen and oxygen atoms in total. The number of hydrogen-bond acceptors (Lipinski definition) is 2. The number of alkyl halides is 1. The van der Waals surface area contributed by atoms with Crippen molar-refractivity contribution in [3.05, 3.63) is 12.2 Å². The van der Waals surface area contributed by atoms with Crippen molar-refractivity contribution in [3.8, 4) is 0 Å². The van der Waals surface area contributed by atoms with Gasteiger partial charge in [-0.1, -0.05) is 26.7 Å². The third-order valence-corrected chi connectivity index (χ3v) is 2.66. The number of hydrogen-bond donors (Lipinski definition) is 0. The molecule has 1 aromatic rings. The third-order valence-electron chi connectivity index (χ3n) is 2.42. The Morgan fingerprint density at radius 3 is 2.69 bits per heavy atom. The van der Waals surface area contributed by atoms with E-state index >= 15 is 0 Å². The van der Waals surface area contributed by atoms with Gasteiger partial charge in [0.05, 0.1) is 5.88 Å². The normalized spacial score (nSPS) is 11.1. The van der Waals surface area contributed by atoms with Crippen molar-refractivity contribution in [2.75, 3.05) is 0 Å². The first-order valence-electron chi connectivity index (χ1n) is 4.74. The lowest BCUT2D eigenvalue weighted by atomic mass is 10.0. The molecule has 0 atom stereocenters. The molecule has 1 heterocycles. The molecule has 0 saturated carbocycles. The molecule has 74 valence electrons. The first kappa shape index (κ1) is 10.5. The van der Waals surface area contributed by atoms with Gasteiger partial charge < -0.3 is 4.57 Å². The van der Waals surface area contributed by atoms with Gasteiger partial charge in [-0.05, 0) is 5.92 Å². The summed E-state index contributed by atoms with van der Waals surface area (Å²) in [6.07, 6.45) is 4.14. The van der Waals surface area contributed by atoms with Crippen LogP contribution in [0.1, 0.15) is 32.5 Å². The van der Waals surface area contributed by atoms with Gasteiger partial charge in [-0.3, -0.25) is 0 Å². The van der Waals surface area contributed by atoms with Gasteiger partial charge >= 0.3 is 0 Å². The highest BCUT2D eigenvalue weighted by atomic mass is 35.5. The lowest BCUT2D eigenvalue weighted by Crippen LogP contribution is -2.10. The van der Waals surface area contributed by atoms with E-state index in [1.807, 2.05) is 4.57 Å². The molecule has 0 bridgehead atoms. The maximum absolute atomic E-state index is 5.72. The predicted molar refractivity (Wildman–Crippen MR) is 53.7 cm³/mol. The van der Waals surface area contributed by atoms with Gasteiger partial charge in [0.2, 0.25) is 0 Å². The van der Waals surface area contributed by atoms with Gasteiger partial charge in [0.25, 0.3) is 0 Å². The van der Waals surface area contributed by atoms with E-state index in [-0.39, 0.29) is 0 Å². The Labute approximate surface area is 84.1 Å². The van der Waals surface area contributed by atoms with Crippen molar-refractivity contribution in [3.63, 3.8) is 0 Å². The molecule has 13 heavy (non-hydrogen) atoms. The van der Waals surface area contributed by atoms with E-state index in [0.29, 0.717) is 11.8 Å². The van der Waals surface area contributed by atoms with Crippen LogP contribution >= 0.6 is 11.6 Å². The highest BCUT2D eigenvalue weighted by molar-refractivity contribution is 6.16. The molecule has 0 N–H and O–H groups in total. The van der Waals surface area contributed by atoms with Gasteiger partial charge in [-0.25, -0.2) is 0 Å². The van der Waals surface area contributed by atoms with E-state index in [9.17, 15) is 0 Å². The minimum absolute atomic E-state index is 0.445. The van der Waals surface area contributed by atoms with Crippen LogP contribution in [0.4, 0.5) is 0 Å². The van der Waals surface area contributed by atoms with Crippen molar-refractivity contribution in [1.29, 1.82) is 0 Å². The van der Waals surface area contributed by atoms with Crippen molar-refractivity contribution >= 4 is 11.6 Å².